The molecule has 2 N–H and O–H groups in total. The van der Waals surface area contributed by atoms with Crippen LogP contribution < -0.4 is 10.6 Å². The highest BCUT2D eigenvalue weighted by molar-refractivity contribution is 9.10. The minimum Gasteiger partial charge on any atom is -0.462 e. The van der Waals surface area contributed by atoms with Gasteiger partial charge in [-0.2, -0.15) is 5.26 Å². The van der Waals surface area contributed by atoms with Crippen molar-refractivity contribution < 1.29 is 14.3 Å². The summed E-state index contributed by atoms with van der Waals surface area (Å²) in [6, 6.07) is 15.8. The first kappa shape index (κ1) is 20.2. The molecular weight excluding hydrogens is 410 g/mol. The second-order valence-corrected chi connectivity index (χ2v) is 6.25. The first-order chi connectivity index (χ1) is 13.0. The van der Waals surface area contributed by atoms with Gasteiger partial charge in [0.1, 0.15) is 11.6 Å². The minimum atomic E-state index is -0.541. The zero-order valence-electron chi connectivity index (χ0n) is 14.7. The Morgan fingerprint density at radius 3 is 2.52 bits per heavy atom. The highest BCUT2D eigenvalue weighted by atomic mass is 79.9. The molecule has 27 heavy (non-hydrogen) atoms. The standard InChI is InChI=1S/C20H18BrN3O3/c1-2-27-20(26)14-7-9-17(10-8-14)24-19(25)16(11-22)13-23-12-15-5-3-4-6-18(15)21/h3-10,13,23H,2,12H2,1H3,(H,24,25)/b16-13-. The molecule has 0 aliphatic carbocycles. The predicted molar refractivity (Wildman–Crippen MR) is 106 cm³/mol. The van der Waals surface area contributed by atoms with Gasteiger partial charge in [0, 0.05) is 22.9 Å². The lowest BCUT2D eigenvalue weighted by Gasteiger charge is -2.07. The molecule has 7 heteroatoms. The number of rotatable bonds is 7. The monoisotopic (exact) mass is 427 g/mol. The third-order valence-corrected chi connectivity index (χ3v) is 4.29. The Morgan fingerprint density at radius 2 is 1.89 bits per heavy atom. The van der Waals surface area contributed by atoms with Crippen LogP contribution in [0, 0.1) is 11.3 Å². The van der Waals surface area contributed by atoms with Crippen molar-refractivity contribution in [2.45, 2.75) is 13.5 Å². The summed E-state index contributed by atoms with van der Waals surface area (Å²) in [6.07, 6.45) is 1.38. The molecule has 0 heterocycles. The summed E-state index contributed by atoms with van der Waals surface area (Å²) < 4.78 is 5.84. The van der Waals surface area contributed by atoms with Gasteiger partial charge >= 0.3 is 5.97 Å². The molecule has 6 nitrogen and oxygen atoms in total. The van der Waals surface area contributed by atoms with Gasteiger partial charge < -0.3 is 15.4 Å². The molecule has 0 saturated heterocycles. The van der Waals surface area contributed by atoms with Crippen molar-refractivity contribution in [1.82, 2.24) is 5.32 Å². The van der Waals surface area contributed by atoms with E-state index in [1.54, 1.807) is 31.2 Å². The Labute approximate surface area is 166 Å². The zero-order chi connectivity index (χ0) is 19.6. The van der Waals surface area contributed by atoms with Crippen LogP contribution in [0.1, 0.15) is 22.8 Å². The summed E-state index contributed by atoms with van der Waals surface area (Å²) in [5.74, 6) is -0.967. The molecule has 138 valence electrons. The van der Waals surface area contributed by atoms with E-state index in [-0.39, 0.29) is 5.57 Å². The van der Waals surface area contributed by atoms with Gasteiger partial charge in [0.15, 0.2) is 0 Å². The van der Waals surface area contributed by atoms with E-state index < -0.39 is 11.9 Å². The smallest absolute Gasteiger partial charge is 0.338 e. The molecule has 1 amide bonds. The SMILES string of the molecule is CCOC(=O)c1ccc(NC(=O)/C(C#N)=C\NCc2ccccc2Br)cc1. The number of halogens is 1. The van der Waals surface area contributed by atoms with Crippen LogP contribution in [0.15, 0.2) is 64.8 Å². The molecule has 2 rings (SSSR count). The van der Waals surface area contributed by atoms with Crippen LogP contribution in [-0.2, 0) is 16.1 Å². The van der Waals surface area contributed by atoms with Crippen molar-refractivity contribution in [2.24, 2.45) is 0 Å². The van der Waals surface area contributed by atoms with E-state index in [9.17, 15) is 14.9 Å². The number of nitrogens with zero attached hydrogens (tertiary/aromatic N) is 1. The number of nitriles is 1. The largest absolute Gasteiger partial charge is 0.462 e. The average Bonchev–Trinajstić information content (AvgIpc) is 2.67. The quantitative estimate of drug-likeness (QED) is 0.398. The normalized spacial score (nSPS) is 10.6. The Hall–Kier alpha value is -3.11. The number of carbonyl (C=O) groups excluding carboxylic acids is 2. The topological polar surface area (TPSA) is 91.2 Å². The number of carbonyl (C=O) groups is 2. The van der Waals surface area contributed by atoms with Crippen molar-refractivity contribution >= 4 is 33.5 Å². The molecule has 0 radical (unpaired) electrons. The Balaban J connectivity index is 1.97. The lowest BCUT2D eigenvalue weighted by molar-refractivity contribution is -0.112. The second-order valence-electron chi connectivity index (χ2n) is 5.39. The molecule has 0 aliphatic rings. The second kappa shape index (κ2) is 10.1. The molecule has 0 saturated carbocycles. The number of hydrogen-bond acceptors (Lipinski definition) is 5. The minimum absolute atomic E-state index is 0.0588. The van der Waals surface area contributed by atoms with E-state index in [4.69, 9.17) is 4.74 Å². The van der Waals surface area contributed by atoms with Gasteiger partial charge in [0.25, 0.3) is 5.91 Å². The fraction of sp³-hybridized carbons (Fsp3) is 0.150. The highest BCUT2D eigenvalue weighted by Gasteiger charge is 2.11. The molecular formula is C20H18BrN3O3. The number of hydrogen-bond donors (Lipinski definition) is 2. The highest BCUT2D eigenvalue weighted by Crippen LogP contribution is 2.15. The van der Waals surface area contributed by atoms with Crippen LogP contribution >= 0.6 is 15.9 Å². The average molecular weight is 428 g/mol. The summed E-state index contributed by atoms with van der Waals surface area (Å²) >= 11 is 3.44. The molecule has 0 fully saturated rings. The molecule has 0 spiro atoms. The number of benzene rings is 2. The summed E-state index contributed by atoms with van der Waals surface area (Å²) in [7, 11) is 0. The Morgan fingerprint density at radius 1 is 1.19 bits per heavy atom. The van der Waals surface area contributed by atoms with Gasteiger partial charge in [-0.15, -0.1) is 0 Å². The summed E-state index contributed by atoms with van der Waals surface area (Å²) in [5, 5.41) is 14.8. The number of ether oxygens (including phenoxy) is 1. The van der Waals surface area contributed by atoms with Crippen LogP contribution in [0.4, 0.5) is 5.69 Å². The molecule has 0 aliphatic heterocycles. The van der Waals surface area contributed by atoms with Gasteiger partial charge in [0.2, 0.25) is 0 Å². The fourth-order valence-corrected chi connectivity index (χ4v) is 2.58. The Bertz CT molecular complexity index is 886. The van der Waals surface area contributed by atoms with Crippen LogP contribution in [0.2, 0.25) is 0 Å². The van der Waals surface area contributed by atoms with E-state index in [1.165, 1.54) is 6.20 Å². The van der Waals surface area contributed by atoms with Crippen molar-refractivity contribution in [3.05, 3.63) is 75.9 Å². The number of esters is 1. The number of anilines is 1. The van der Waals surface area contributed by atoms with Gasteiger partial charge in [0.05, 0.1) is 12.2 Å². The van der Waals surface area contributed by atoms with Crippen LogP contribution in [0.5, 0.6) is 0 Å². The lowest BCUT2D eigenvalue weighted by Crippen LogP contribution is -2.17. The third-order valence-electron chi connectivity index (χ3n) is 3.52. The molecule has 0 bridgehead atoms. The van der Waals surface area contributed by atoms with Crippen molar-refractivity contribution in [2.75, 3.05) is 11.9 Å². The van der Waals surface area contributed by atoms with Crippen molar-refractivity contribution in [3.8, 4) is 6.07 Å². The summed E-state index contributed by atoms with van der Waals surface area (Å²) in [4.78, 5) is 23.9. The van der Waals surface area contributed by atoms with Gasteiger partial charge in [-0.05, 0) is 42.8 Å². The Kier molecular flexibility index (Phi) is 7.59. The van der Waals surface area contributed by atoms with Crippen molar-refractivity contribution in [3.63, 3.8) is 0 Å². The molecule has 0 unspecified atom stereocenters. The molecule has 0 aromatic heterocycles. The molecule has 2 aromatic carbocycles. The van der Waals surface area contributed by atoms with Gasteiger partial charge in [-0.1, -0.05) is 34.1 Å². The number of nitrogens with one attached hydrogen (secondary N) is 2. The summed E-state index contributed by atoms with van der Waals surface area (Å²) in [5.41, 5.74) is 1.80. The predicted octanol–water partition coefficient (Wildman–Crippen LogP) is 3.76. The maximum Gasteiger partial charge on any atom is 0.338 e. The lowest BCUT2D eigenvalue weighted by atomic mass is 10.2. The van der Waals surface area contributed by atoms with E-state index in [1.807, 2.05) is 30.3 Å². The van der Waals surface area contributed by atoms with E-state index in [0.29, 0.717) is 24.4 Å². The van der Waals surface area contributed by atoms with Crippen LogP contribution in [-0.4, -0.2) is 18.5 Å². The van der Waals surface area contributed by atoms with E-state index in [2.05, 4.69) is 26.6 Å². The van der Waals surface area contributed by atoms with Crippen LogP contribution in [0.3, 0.4) is 0 Å². The van der Waals surface area contributed by atoms with Gasteiger partial charge in [-0.25, -0.2) is 4.79 Å². The molecule has 2 aromatic rings. The number of amides is 1. The zero-order valence-corrected chi connectivity index (χ0v) is 16.2. The maximum absolute atomic E-state index is 12.2. The first-order valence-corrected chi connectivity index (χ1v) is 9.00. The van der Waals surface area contributed by atoms with E-state index >= 15 is 0 Å². The molecule has 0 atom stereocenters. The van der Waals surface area contributed by atoms with Crippen molar-refractivity contribution in [1.29, 1.82) is 5.26 Å². The third kappa shape index (κ3) is 5.97. The maximum atomic E-state index is 12.2. The van der Waals surface area contributed by atoms with E-state index in [0.717, 1.165) is 10.0 Å². The van der Waals surface area contributed by atoms with Gasteiger partial charge in [-0.3, -0.25) is 4.79 Å². The first-order valence-electron chi connectivity index (χ1n) is 8.20. The fourth-order valence-electron chi connectivity index (χ4n) is 2.16. The van der Waals surface area contributed by atoms with Crippen LogP contribution in [0.25, 0.3) is 0 Å². The summed E-state index contributed by atoms with van der Waals surface area (Å²) in [6.45, 7) is 2.49.